The molecule has 0 aromatic heterocycles. The zero-order chi connectivity index (χ0) is 15.3. The predicted molar refractivity (Wildman–Crippen MR) is 79.1 cm³/mol. The fourth-order valence-corrected chi connectivity index (χ4v) is 1.99. The minimum Gasteiger partial charge on any atom is -0.490 e. The van der Waals surface area contributed by atoms with Crippen molar-refractivity contribution >= 4 is 27.8 Å². The summed E-state index contributed by atoms with van der Waals surface area (Å²) in [6.45, 7) is 5.39. The van der Waals surface area contributed by atoms with E-state index in [0.29, 0.717) is 11.3 Å². The number of rotatable bonds is 6. The van der Waals surface area contributed by atoms with Gasteiger partial charge >= 0.3 is 5.97 Å². The van der Waals surface area contributed by atoms with Crippen LogP contribution in [0.4, 0.5) is 0 Å². The molecule has 1 amide bonds. The van der Waals surface area contributed by atoms with Crippen LogP contribution in [0.25, 0.3) is 0 Å². The number of carbonyl (C=O) groups is 2. The van der Waals surface area contributed by atoms with Gasteiger partial charge < -0.3 is 15.2 Å². The lowest BCUT2D eigenvalue weighted by Gasteiger charge is -2.16. The number of carboxylic acid groups (broad SMARTS) is 1. The highest BCUT2D eigenvalue weighted by Crippen LogP contribution is 2.25. The fourth-order valence-electron chi connectivity index (χ4n) is 1.65. The summed E-state index contributed by atoms with van der Waals surface area (Å²) in [5.74, 6) is -0.830. The van der Waals surface area contributed by atoms with Gasteiger partial charge in [0, 0.05) is 10.5 Å². The average Bonchev–Trinajstić information content (AvgIpc) is 2.26. The number of ether oxygens (including phenoxy) is 1. The average molecular weight is 344 g/mol. The summed E-state index contributed by atoms with van der Waals surface area (Å²) < 4.78 is 6.41. The second-order valence-corrected chi connectivity index (χ2v) is 5.70. The van der Waals surface area contributed by atoms with Crippen molar-refractivity contribution < 1.29 is 19.4 Å². The van der Waals surface area contributed by atoms with Gasteiger partial charge in [-0.2, -0.15) is 0 Å². The second kappa shape index (κ2) is 7.28. The van der Waals surface area contributed by atoms with E-state index in [2.05, 4.69) is 21.2 Å². The van der Waals surface area contributed by atoms with Gasteiger partial charge in [0.15, 0.2) is 0 Å². The molecule has 1 aromatic rings. The first-order chi connectivity index (χ1) is 9.29. The summed E-state index contributed by atoms with van der Waals surface area (Å²) in [7, 11) is 0. The van der Waals surface area contributed by atoms with Crippen LogP contribution in [0.1, 0.15) is 37.6 Å². The zero-order valence-corrected chi connectivity index (χ0v) is 13.2. The fraction of sp³-hybridized carbons (Fsp3) is 0.429. The molecule has 1 rings (SSSR count). The minimum absolute atomic E-state index is 0.0627. The molecule has 1 atom stereocenters. The first-order valence-corrected chi connectivity index (χ1v) is 7.07. The van der Waals surface area contributed by atoms with Crippen molar-refractivity contribution in [2.24, 2.45) is 0 Å². The van der Waals surface area contributed by atoms with E-state index in [0.717, 1.165) is 4.47 Å². The largest absolute Gasteiger partial charge is 0.490 e. The van der Waals surface area contributed by atoms with Gasteiger partial charge in [-0.25, -0.2) is 0 Å². The van der Waals surface area contributed by atoms with E-state index in [4.69, 9.17) is 9.84 Å². The monoisotopic (exact) mass is 343 g/mol. The van der Waals surface area contributed by atoms with Crippen molar-refractivity contribution in [2.45, 2.75) is 39.3 Å². The number of halogens is 1. The third-order valence-corrected chi connectivity index (χ3v) is 2.90. The van der Waals surface area contributed by atoms with Crippen LogP contribution in [0.5, 0.6) is 5.75 Å². The first kappa shape index (κ1) is 16.5. The Kier molecular flexibility index (Phi) is 6.01. The molecule has 0 bridgehead atoms. The molecule has 0 saturated heterocycles. The molecule has 0 saturated carbocycles. The van der Waals surface area contributed by atoms with E-state index >= 15 is 0 Å². The minimum atomic E-state index is -0.952. The molecule has 110 valence electrons. The van der Waals surface area contributed by atoms with Crippen LogP contribution < -0.4 is 10.1 Å². The predicted octanol–water partition coefficient (Wildman–Crippen LogP) is 2.83. The molecule has 0 aliphatic carbocycles. The van der Waals surface area contributed by atoms with Crippen molar-refractivity contribution in [2.75, 3.05) is 0 Å². The Hall–Kier alpha value is -1.56. The van der Waals surface area contributed by atoms with Crippen LogP contribution in [0.3, 0.4) is 0 Å². The molecule has 20 heavy (non-hydrogen) atoms. The Morgan fingerprint density at radius 1 is 1.35 bits per heavy atom. The Morgan fingerprint density at radius 2 is 2.00 bits per heavy atom. The summed E-state index contributed by atoms with van der Waals surface area (Å²) >= 11 is 3.33. The van der Waals surface area contributed by atoms with Gasteiger partial charge in [-0.05, 0) is 39.0 Å². The standard InChI is InChI=1S/C14H18BrNO4/c1-8(2)20-12-7-10(15)4-5-11(12)14(19)16-9(3)6-13(17)18/h4-5,7-9H,6H2,1-3H3,(H,16,19)(H,17,18). The normalized spacial score (nSPS) is 12.1. The maximum atomic E-state index is 12.2. The Balaban J connectivity index is 2.89. The Labute approximate surface area is 126 Å². The lowest BCUT2D eigenvalue weighted by molar-refractivity contribution is -0.137. The molecule has 6 heteroatoms. The number of carbonyl (C=O) groups excluding carboxylic acids is 1. The second-order valence-electron chi connectivity index (χ2n) is 4.78. The van der Waals surface area contributed by atoms with Crippen molar-refractivity contribution in [3.05, 3.63) is 28.2 Å². The highest BCUT2D eigenvalue weighted by atomic mass is 79.9. The molecule has 0 radical (unpaired) electrons. The molecule has 0 aliphatic heterocycles. The molecule has 2 N–H and O–H groups in total. The number of nitrogens with one attached hydrogen (secondary N) is 1. The maximum absolute atomic E-state index is 12.2. The number of hydrogen-bond donors (Lipinski definition) is 2. The van der Waals surface area contributed by atoms with Crippen molar-refractivity contribution in [3.8, 4) is 5.75 Å². The van der Waals surface area contributed by atoms with Crippen LogP contribution in [-0.2, 0) is 4.79 Å². The third kappa shape index (κ3) is 5.21. The third-order valence-electron chi connectivity index (χ3n) is 2.41. The Bertz CT molecular complexity index is 502. The Morgan fingerprint density at radius 3 is 2.55 bits per heavy atom. The highest BCUT2D eigenvalue weighted by Gasteiger charge is 2.17. The van der Waals surface area contributed by atoms with Gasteiger partial charge in [-0.3, -0.25) is 9.59 Å². The molecule has 5 nitrogen and oxygen atoms in total. The molecular formula is C14H18BrNO4. The van der Waals surface area contributed by atoms with Crippen molar-refractivity contribution in [1.29, 1.82) is 0 Å². The van der Waals surface area contributed by atoms with Crippen molar-refractivity contribution in [3.63, 3.8) is 0 Å². The molecule has 0 spiro atoms. The number of amides is 1. The van der Waals surface area contributed by atoms with Crippen LogP contribution in [0, 0.1) is 0 Å². The number of benzene rings is 1. The van der Waals surface area contributed by atoms with E-state index in [1.807, 2.05) is 13.8 Å². The van der Waals surface area contributed by atoms with Gasteiger partial charge in [-0.15, -0.1) is 0 Å². The summed E-state index contributed by atoms with van der Waals surface area (Å²) in [6.07, 6.45) is -0.185. The molecule has 0 heterocycles. The maximum Gasteiger partial charge on any atom is 0.305 e. The van der Waals surface area contributed by atoms with Crippen LogP contribution in [0.15, 0.2) is 22.7 Å². The van der Waals surface area contributed by atoms with E-state index < -0.39 is 12.0 Å². The summed E-state index contributed by atoms with van der Waals surface area (Å²) in [6, 6.07) is 4.65. The number of hydrogen-bond acceptors (Lipinski definition) is 3. The molecule has 0 aliphatic rings. The van der Waals surface area contributed by atoms with Gasteiger partial charge in [0.05, 0.1) is 18.1 Å². The van der Waals surface area contributed by atoms with Crippen LogP contribution >= 0.6 is 15.9 Å². The van der Waals surface area contributed by atoms with Gasteiger partial charge in [0.1, 0.15) is 5.75 Å². The number of aliphatic carboxylic acids is 1. The summed E-state index contributed by atoms with van der Waals surface area (Å²) in [4.78, 5) is 22.8. The lowest BCUT2D eigenvalue weighted by atomic mass is 10.1. The summed E-state index contributed by atoms with van der Waals surface area (Å²) in [5.41, 5.74) is 0.388. The molecule has 1 unspecified atom stereocenters. The molecule has 1 aromatic carbocycles. The molecule has 0 fully saturated rings. The van der Waals surface area contributed by atoms with E-state index in [1.165, 1.54) is 0 Å². The van der Waals surface area contributed by atoms with Crippen LogP contribution in [-0.4, -0.2) is 29.1 Å². The van der Waals surface area contributed by atoms with Crippen molar-refractivity contribution in [1.82, 2.24) is 5.32 Å². The van der Waals surface area contributed by atoms with Crippen LogP contribution in [0.2, 0.25) is 0 Å². The summed E-state index contributed by atoms with van der Waals surface area (Å²) in [5, 5.41) is 11.3. The SMILES string of the molecule is CC(CC(=O)O)NC(=O)c1ccc(Br)cc1OC(C)C. The van der Waals surface area contributed by atoms with Gasteiger partial charge in [-0.1, -0.05) is 15.9 Å². The molecular weight excluding hydrogens is 326 g/mol. The highest BCUT2D eigenvalue weighted by molar-refractivity contribution is 9.10. The topological polar surface area (TPSA) is 75.6 Å². The van der Waals surface area contributed by atoms with Gasteiger partial charge in [0.2, 0.25) is 0 Å². The van der Waals surface area contributed by atoms with E-state index in [9.17, 15) is 9.59 Å². The lowest BCUT2D eigenvalue weighted by Crippen LogP contribution is -2.34. The quantitative estimate of drug-likeness (QED) is 0.832. The van der Waals surface area contributed by atoms with E-state index in [-0.39, 0.29) is 18.4 Å². The van der Waals surface area contributed by atoms with Gasteiger partial charge in [0.25, 0.3) is 5.91 Å². The number of carboxylic acids is 1. The smallest absolute Gasteiger partial charge is 0.305 e. The zero-order valence-electron chi connectivity index (χ0n) is 11.6. The van der Waals surface area contributed by atoms with E-state index in [1.54, 1.807) is 25.1 Å². The first-order valence-electron chi connectivity index (χ1n) is 6.28.